The molecule has 4 rings (SSSR count). The van der Waals surface area contributed by atoms with Gasteiger partial charge in [-0.05, 0) is 67.6 Å². The molecule has 0 aromatic rings. The van der Waals surface area contributed by atoms with Gasteiger partial charge in [0.15, 0.2) is 5.78 Å². The first-order valence-electron chi connectivity index (χ1n) is 7.94. The lowest BCUT2D eigenvalue weighted by molar-refractivity contribution is -0.130. The van der Waals surface area contributed by atoms with Gasteiger partial charge in [0, 0.05) is 6.42 Å². The van der Waals surface area contributed by atoms with E-state index in [2.05, 4.69) is 6.07 Å². The molecule has 4 fully saturated rings. The molecule has 4 aliphatic carbocycles. The lowest BCUT2D eigenvalue weighted by Crippen LogP contribution is -2.47. The fraction of sp³-hybridized carbons (Fsp3) is 0.882. The smallest absolute Gasteiger partial charge is 0.150 e. The molecule has 0 N–H and O–H groups in total. The van der Waals surface area contributed by atoms with E-state index in [1.165, 1.54) is 38.5 Å². The van der Waals surface area contributed by atoms with Gasteiger partial charge in [0.2, 0.25) is 0 Å². The zero-order chi connectivity index (χ0) is 13.6. The molecule has 1 atom stereocenters. The van der Waals surface area contributed by atoms with Crippen molar-refractivity contribution < 1.29 is 4.79 Å². The molecule has 0 amide bonds. The summed E-state index contributed by atoms with van der Waals surface area (Å²) in [5.74, 6) is 2.66. The number of carbonyl (C=O) groups is 1. The summed E-state index contributed by atoms with van der Waals surface area (Å²) in [5, 5.41) is 9.21. The SMILES string of the molecule is CC(C)C(C#N)C(=O)CC12CC3CC(CC(C3)C1)C2. The number of carbonyl (C=O) groups excluding carboxylic acids is 1. The van der Waals surface area contributed by atoms with E-state index in [4.69, 9.17) is 0 Å². The van der Waals surface area contributed by atoms with Crippen LogP contribution in [0.2, 0.25) is 0 Å². The highest BCUT2D eigenvalue weighted by Crippen LogP contribution is 2.61. The Balaban J connectivity index is 1.73. The van der Waals surface area contributed by atoms with Crippen molar-refractivity contribution in [1.29, 1.82) is 5.26 Å². The number of nitriles is 1. The minimum absolute atomic E-state index is 0.159. The average molecular weight is 259 g/mol. The Hall–Kier alpha value is -0.840. The fourth-order valence-corrected chi connectivity index (χ4v) is 5.58. The summed E-state index contributed by atoms with van der Waals surface area (Å²) >= 11 is 0. The van der Waals surface area contributed by atoms with E-state index in [0.717, 1.165) is 17.8 Å². The molecule has 1 unspecified atom stereocenters. The number of ketones is 1. The highest BCUT2D eigenvalue weighted by Gasteiger charge is 2.51. The third kappa shape index (κ3) is 2.33. The van der Waals surface area contributed by atoms with Crippen LogP contribution in [0.3, 0.4) is 0 Å². The maximum Gasteiger partial charge on any atom is 0.150 e. The first kappa shape index (κ1) is 13.2. The van der Waals surface area contributed by atoms with Gasteiger partial charge < -0.3 is 0 Å². The molecule has 0 aromatic carbocycles. The minimum Gasteiger partial charge on any atom is -0.298 e. The standard InChI is InChI=1S/C17H25NO/c1-11(2)15(10-18)16(19)9-17-6-12-3-13(7-17)5-14(4-12)8-17/h11-15H,3-9H2,1-2H3. The van der Waals surface area contributed by atoms with Gasteiger partial charge in [-0.1, -0.05) is 13.8 Å². The second-order valence-corrected chi connectivity index (χ2v) is 7.91. The summed E-state index contributed by atoms with van der Waals surface area (Å²) in [6.07, 6.45) is 8.73. The van der Waals surface area contributed by atoms with Crippen molar-refractivity contribution in [2.75, 3.05) is 0 Å². The third-order valence-corrected chi connectivity index (χ3v) is 5.87. The summed E-state index contributed by atoms with van der Waals surface area (Å²) in [7, 11) is 0. The number of rotatable bonds is 4. The summed E-state index contributed by atoms with van der Waals surface area (Å²) in [6, 6.07) is 2.23. The largest absolute Gasteiger partial charge is 0.298 e. The van der Waals surface area contributed by atoms with Gasteiger partial charge in [-0.3, -0.25) is 4.79 Å². The topological polar surface area (TPSA) is 40.9 Å². The first-order valence-corrected chi connectivity index (χ1v) is 7.94. The Morgan fingerprint density at radius 1 is 1.16 bits per heavy atom. The molecule has 2 nitrogen and oxygen atoms in total. The van der Waals surface area contributed by atoms with E-state index < -0.39 is 0 Å². The van der Waals surface area contributed by atoms with Crippen LogP contribution in [0, 0.1) is 46.3 Å². The van der Waals surface area contributed by atoms with Gasteiger partial charge in [-0.15, -0.1) is 0 Å². The predicted octanol–water partition coefficient (Wildman–Crippen LogP) is 3.96. The maximum atomic E-state index is 12.5. The van der Waals surface area contributed by atoms with Crippen LogP contribution in [0.5, 0.6) is 0 Å². The van der Waals surface area contributed by atoms with Crippen LogP contribution in [-0.2, 0) is 4.79 Å². The first-order chi connectivity index (χ1) is 9.01. The number of hydrogen-bond donors (Lipinski definition) is 0. The van der Waals surface area contributed by atoms with Crippen molar-refractivity contribution >= 4 is 5.78 Å². The maximum absolute atomic E-state index is 12.5. The molecule has 0 heterocycles. The van der Waals surface area contributed by atoms with E-state index >= 15 is 0 Å². The van der Waals surface area contributed by atoms with Crippen molar-refractivity contribution in [3.05, 3.63) is 0 Å². The van der Waals surface area contributed by atoms with Gasteiger partial charge in [-0.2, -0.15) is 5.26 Å². The minimum atomic E-state index is -0.381. The van der Waals surface area contributed by atoms with E-state index in [-0.39, 0.29) is 23.0 Å². The number of Topliss-reactive ketones (excluding diaryl/α,β-unsaturated/α-hetero) is 1. The van der Waals surface area contributed by atoms with E-state index in [9.17, 15) is 10.1 Å². The van der Waals surface area contributed by atoms with Crippen molar-refractivity contribution in [3.8, 4) is 6.07 Å². The highest BCUT2D eigenvalue weighted by molar-refractivity contribution is 5.84. The number of hydrogen-bond acceptors (Lipinski definition) is 2. The Morgan fingerprint density at radius 3 is 2.00 bits per heavy atom. The van der Waals surface area contributed by atoms with Gasteiger partial charge in [0.1, 0.15) is 5.92 Å². The predicted molar refractivity (Wildman–Crippen MR) is 74.2 cm³/mol. The summed E-state index contributed by atoms with van der Waals surface area (Å²) < 4.78 is 0. The molecule has 104 valence electrons. The fourth-order valence-electron chi connectivity index (χ4n) is 5.58. The molecule has 4 bridgehead atoms. The highest BCUT2D eigenvalue weighted by atomic mass is 16.1. The van der Waals surface area contributed by atoms with Crippen molar-refractivity contribution in [3.63, 3.8) is 0 Å². The molecule has 0 saturated heterocycles. The quantitative estimate of drug-likeness (QED) is 0.766. The van der Waals surface area contributed by atoms with E-state index in [1.54, 1.807) is 0 Å². The van der Waals surface area contributed by atoms with Crippen LogP contribution < -0.4 is 0 Å². The zero-order valence-electron chi connectivity index (χ0n) is 12.2. The molecule has 0 radical (unpaired) electrons. The summed E-state index contributed by atoms with van der Waals surface area (Å²) in [5.41, 5.74) is 0.288. The molecular formula is C17H25NO. The zero-order valence-corrected chi connectivity index (χ0v) is 12.2. The second-order valence-electron chi connectivity index (χ2n) is 7.91. The Labute approximate surface area is 116 Å². The van der Waals surface area contributed by atoms with Gasteiger partial charge in [0.05, 0.1) is 6.07 Å². The lowest BCUT2D eigenvalue weighted by atomic mass is 9.48. The molecule has 4 saturated carbocycles. The molecule has 19 heavy (non-hydrogen) atoms. The van der Waals surface area contributed by atoms with Crippen LogP contribution in [0.4, 0.5) is 0 Å². The molecular weight excluding hydrogens is 234 g/mol. The third-order valence-electron chi connectivity index (χ3n) is 5.87. The Kier molecular flexibility index (Phi) is 3.20. The summed E-state index contributed by atoms with van der Waals surface area (Å²) in [6.45, 7) is 3.98. The Bertz CT molecular complexity index is 382. The molecule has 4 aliphatic rings. The second kappa shape index (κ2) is 4.62. The van der Waals surface area contributed by atoms with Crippen LogP contribution in [0.15, 0.2) is 0 Å². The van der Waals surface area contributed by atoms with E-state index in [0.29, 0.717) is 6.42 Å². The van der Waals surface area contributed by atoms with Crippen LogP contribution >= 0.6 is 0 Å². The van der Waals surface area contributed by atoms with Gasteiger partial charge in [0.25, 0.3) is 0 Å². The molecule has 2 heteroatoms. The van der Waals surface area contributed by atoms with E-state index in [1.807, 2.05) is 13.8 Å². The van der Waals surface area contributed by atoms with Crippen LogP contribution in [-0.4, -0.2) is 5.78 Å². The summed E-state index contributed by atoms with van der Waals surface area (Å²) in [4.78, 5) is 12.5. The van der Waals surface area contributed by atoms with Crippen molar-refractivity contribution in [2.24, 2.45) is 35.0 Å². The molecule has 0 aromatic heterocycles. The van der Waals surface area contributed by atoms with Gasteiger partial charge in [-0.25, -0.2) is 0 Å². The van der Waals surface area contributed by atoms with Crippen molar-refractivity contribution in [2.45, 2.75) is 58.8 Å². The Morgan fingerprint density at radius 2 is 1.63 bits per heavy atom. The van der Waals surface area contributed by atoms with Crippen LogP contribution in [0.25, 0.3) is 0 Å². The number of nitrogens with zero attached hydrogens (tertiary/aromatic N) is 1. The lowest BCUT2D eigenvalue weighted by Gasteiger charge is -2.57. The molecule has 0 aliphatic heterocycles. The average Bonchev–Trinajstić information content (AvgIpc) is 2.25. The monoisotopic (exact) mass is 259 g/mol. The normalized spacial score (nSPS) is 41.3. The molecule has 0 spiro atoms. The van der Waals surface area contributed by atoms with Crippen LogP contribution in [0.1, 0.15) is 58.8 Å². The van der Waals surface area contributed by atoms with Gasteiger partial charge >= 0.3 is 0 Å². The van der Waals surface area contributed by atoms with Crippen molar-refractivity contribution in [1.82, 2.24) is 0 Å².